The SMILES string of the molecule is O=C(Nc1ccc(F)c(C(F)(F)F)c1)N(CCCN1CC[C@@H](O)C1)C1CCC[C@H](I)C1. The van der Waals surface area contributed by atoms with Gasteiger partial charge in [0.15, 0.2) is 0 Å². The lowest BCUT2D eigenvalue weighted by molar-refractivity contribution is -0.139. The molecule has 10 heteroatoms. The summed E-state index contributed by atoms with van der Waals surface area (Å²) in [6.07, 6.45) is 0.0944. The molecular formula is C21H28F4IN3O2. The Morgan fingerprint density at radius 1 is 1.29 bits per heavy atom. The smallest absolute Gasteiger partial charge is 0.392 e. The molecule has 0 bridgehead atoms. The van der Waals surface area contributed by atoms with Crippen molar-refractivity contribution in [1.82, 2.24) is 9.80 Å². The van der Waals surface area contributed by atoms with Gasteiger partial charge in [0.25, 0.3) is 0 Å². The fourth-order valence-electron chi connectivity index (χ4n) is 4.33. The molecule has 2 aliphatic rings. The summed E-state index contributed by atoms with van der Waals surface area (Å²) >= 11 is 2.38. The first-order valence-corrected chi connectivity index (χ1v) is 11.9. The van der Waals surface area contributed by atoms with E-state index in [1.165, 1.54) is 0 Å². The molecule has 5 nitrogen and oxygen atoms in total. The largest absolute Gasteiger partial charge is 0.419 e. The summed E-state index contributed by atoms with van der Waals surface area (Å²) in [4.78, 5) is 16.9. The Balaban J connectivity index is 1.68. The van der Waals surface area contributed by atoms with Crippen LogP contribution in [0.1, 0.15) is 44.1 Å². The summed E-state index contributed by atoms with van der Waals surface area (Å²) in [5.74, 6) is -1.37. The zero-order valence-corrected chi connectivity index (χ0v) is 19.3. The standard InChI is InChI=1S/C21H28F4IN3O2/c22-19-6-5-15(12-18(19)21(23,24)25)27-20(31)29(16-4-1-3-14(26)11-16)9-2-8-28-10-7-17(30)13-28/h5-6,12,14,16-17,30H,1-4,7-11,13H2,(H,27,31)/t14-,16?,17+/m0/s1. The van der Waals surface area contributed by atoms with E-state index in [-0.39, 0.29) is 17.8 Å². The van der Waals surface area contributed by atoms with Crippen molar-refractivity contribution in [2.24, 2.45) is 0 Å². The van der Waals surface area contributed by atoms with Crippen LogP contribution in [0.4, 0.5) is 28.0 Å². The molecule has 0 spiro atoms. The van der Waals surface area contributed by atoms with Gasteiger partial charge in [-0.25, -0.2) is 9.18 Å². The number of nitrogens with zero attached hydrogens (tertiary/aromatic N) is 2. The average molecular weight is 557 g/mol. The van der Waals surface area contributed by atoms with Crippen molar-refractivity contribution >= 4 is 34.3 Å². The quantitative estimate of drug-likeness (QED) is 0.298. The van der Waals surface area contributed by atoms with Gasteiger partial charge < -0.3 is 20.2 Å². The summed E-state index contributed by atoms with van der Waals surface area (Å²) in [5.41, 5.74) is -1.47. The van der Waals surface area contributed by atoms with E-state index in [0.717, 1.165) is 57.3 Å². The van der Waals surface area contributed by atoms with Gasteiger partial charge in [-0.1, -0.05) is 29.0 Å². The number of anilines is 1. The number of amides is 2. The van der Waals surface area contributed by atoms with Crippen LogP contribution in [0.3, 0.4) is 0 Å². The lowest BCUT2D eigenvalue weighted by atomic mass is 9.94. The van der Waals surface area contributed by atoms with Crippen molar-refractivity contribution in [3.8, 4) is 0 Å². The Morgan fingerprint density at radius 3 is 2.71 bits per heavy atom. The van der Waals surface area contributed by atoms with E-state index in [9.17, 15) is 27.5 Å². The molecule has 1 aliphatic heterocycles. The predicted octanol–water partition coefficient (Wildman–Crippen LogP) is 4.88. The molecule has 1 aliphatic carbocycles. The van der Waals surface area contributed by atoms with E-state index in [1.807, 2.05) is 0 Å². The van der Waals surface area contributed by atoms with Crippen molar-refractivity contribution in [3.05, 3.63) is 29.6 Å². The maximum Gasteiger partial charge on any atom is 0.419 e. The van der Waals surface area contributed by atoms with Gasteiger partial charge in [-0.3, -0.25) is 0 Å². The predicted molar refractivity (Wildman–Crippen MR) is 119 cm³/mol. The molecule has 3 atom stereocenters. The van der Waals surface area contributed by atoms with E-state index < -0.39 is 23.6 Å². The molecule has 1 saturated heterocycles. The number of aliphatic hydroxyl groups excluding tert-OH is 1. The molecule has 1 unspecified atom stereocenters. The van der Waals surface area contributed by atoms with E-state index >= 15 is 0 Å². The fourth-order valence-corrected chi connectivity index (χ4v) is 5.36. The minimum absolute atomic E-state index is 0.0161. The van der Waals surface area contributed by atoms with Crippen molar-refractivity contribution in [3.63, 3.8) is 0 Å². The summed E-state index contributed by atoms with van der Waals surface area (Å²) in [6, 6.07) is 2.06. The third-order valence-corrected chi connectivity index (χ3v) is 7.06. The number of aliphatic hydroxyl groups is 1. The Labute approximate surface area is 193 Å². The van der Waals surface area contributed by atoms with Gasteiger partial charge in [-0.2, -0.15) is 13.2 Å². The molecule has 2 N–H and O–H groups in total. The second-order valence-corrected chi connectivity index (χ2v) is 10.1. The minimum atomic E-state index is -4.83. The Bertz CT molecular complexity index is 765. The van der Waals surface area contributed by atoms with Crippen LogP contribution in [0.2, 0.25) is 0 Å². The molecular weight excluding hydrogens is 529 g/mol. The van der Waals surface area contributed by atoms with Crippen molar-refractivity contribution in [2.45, 2.75) is 60.8 Å². The number of urea groups is 1. The number of carbonyl (C=O) groups excluding carboxylic acids is 1. The number of nitrogens with one attached hydrogen (secondary N) is 1. The molecule has 0 radical (unpaired) electrons. The molecule has 1 aromatic carbocycles. The summed E-state index contributed by atoms with van der Waals surface area (Å²) in [7, 11) is 0. The van der Waals surface area contributed by atoms with Gasteiger partial charge in [0.2, 0.25) is 0 Å². The van der Waals surface area contributed by atoms with Gasteiger partial charge in [0.05, 0.1) is 11.7 Å². The monoisotopic (exact) mass is 557 g/mol. The van der Waals surface area contributed by atoms with Crippen LogP contribution >= 0.6 is 22.6 Å². The molecule has 1 saturated carbocycles. The molecule has 3 rings (SSSR count). The van der Waals surface area contributed by atoms with Gasteiger partial charge in [0.1, 0.15) is 5.82 Å². The number of hydrogen-bond donors (Lipinski definition) is 2. The van der Waals surface area contributed by atoms with Gasteiger partial charge in [-0.15, -0.1) is 0 Å². The zero-order valence-electron chi connectivity index (χ0n) is 17.2. The number of carbonyl (C=O) groups is 1. The highest BCUT2D eigenvalue weighted by atomic mass is 127. The number of hydrogen-bond acceptors (Lipinski definition) is 3. The summed E-state index contributed by atoms with van der Waals surface area (Å²) in [5, 5.41) is 12.2. The molecule has 31 heavy (non-hydrogen) atoms. The number of likely N-dealkylation sites (tertiary alicyclic amines) is 1. The van der Waals surface area contributed by atoms with Crippen LogP contribution in [0.15, 0.2) is 18.2 Å². The van der Waals surface area contributed by atoms with Crippen LogP contribution in [0.5, 0.6) is 0 Å². The van der Waals surface area contributed by atoms with Crippen LogP contribution in [0.25, 0.3) is 0 Å². The third kappa shape index (κ3) is 6.92. The molecule has 174 valence electrons. The molecule has 2 fully saturated rings. The second-order valence-electron chi connectivity index (χ2n) is 8.33. The van der Waals surface area contributed by atoms with Crippen molar-refractivity contribution in [2.75, 3.05) is 31.5 Å². The average Bonchev–Trinajstić information content (AvgIpc) is 3.11. The van der Waals surface area contributed by atoms with Crippen molar-refractivity contribution in [1.29, 1.82) is 0 Å². The van der Waals surface area contributed by atoms with Crippen LogP contribution < -0.4 is 5.32 Å². The number of β-amino-alcohol motifs (C(OH)–C–C–N with tert-alkyl or cyclic N) is 1. The third-order valence-electron chi connectivity index (χ3n) is 5.93. The number of alkyl halides is 4. The molecule has 1 aromatic rings. The van der Waals surface area contributed by atoms with E-state index in [1.54, 1.807) is 4.90 Å². The van der Waals surface area contributed by atoms with Crippen molar-refractivity contribution < 1.29 is 27.5 Å². The first-order valence-electron chi connectivity index (χ1n) is 10.6. The van der Waals surface area contributed by atoms with Gasteiger partial charge in [0, 0.05) is 35.3 Å². The highest BCUT2D eigenvalue weighted by molar-refractivity contribution is 14.1. The topological polar surface area (TPSA) is 55.8 Å². The van der Waals surface area contributed by atoms with E-state index in [2.05, 4.69) is 32.8 Å². The zero-order chi connectivity index (χ0) is 22.6. The number of rotatable bonds is 6. The Morgan fingerprint density at radius 2 is 2.06 bits per heavy atom. The highest BCUT2D eigenvalue weighted by Crippen LogP contribution is 2.33. The molecule has 0 aromatic heterocycles. The Hall–Kier alpha value is -1.14. The van der Waals surface area contributed by atoms with Gasteiger partial charge in [-0.05, 0) is 56.8 Å². The fraction of sp³-hybridized carbons (Fsp3) is 0.667. The first kappa shape index (κ1) is 24.5. The second kappa shape index (κ2) is 10.7. The normalized spacial score (nSPS) is 24.9. The maximum atomic E-state index is 13.6. The summed E-state index contributed by atoms with van der Waals surface area (Å²) < 4.78 is 53.1. The van der Waals surface area contributed by atoms with Crippen LogP contribution in [-0.2, 0) is 6.18 Å². The number of halogens is 5. The molecule has 2 amide bonds. The van der Waals surface area contributed by atoms with E-state index in [0.29, 0.717) is 29.5 Å². The Kier molecular flexibility index (Phi) is 8.42. The lowest BCUT2D eigenvalue weighted by Gasteiger charge is -2.36. The van der Waals surface area contributed by atoms with Crippen LogP contribution in [0, 0.1) is 5.82 Å². The van der Waals surface area contributed by atoms with Gasteiger partial charge >= 0.3 is 12.2 Å². The number of benzene rings is 1. The van der Waals surface area contributed by atoms with E-state index in [4.69, 9.17) is 0 Å². The van der Waals surface area contributed by atoms with Crippen LogP contribution in [-0.4, -0.2) is 63.2 Å². The maximum absolute atomic E-state index is 13.6. The minimum Gasteiger partial charge on any atom is -0.392 e. The molecule has 1 heterocycles. The first-order chi connectivity index (χ1) is 14.6. The highest BCUT2D eigenvalue weighted by Gasteiger charge is 2.35. The summed E-state index contributed by atoms with van der Waals surface area (Å²) in [6.45, 7) is 2.67. The lowest BCUT2D eigenvalue weighted by Crippen LogP contribution is -2.46.